The van der Waals surface area contributed by atoms with Gasteiger partial charge < -0.3 is 10.2 Å². The van der Waals surface area contributed by atoms with E-state index in [1.54, 1.807) is 0 Å². The van der Waals surface area contributed by atoms with E-state index in [1.165, 1.54) is 0 Å². The van der Waals surface area contributed by atoms with Crippen LogP contribution in [0.15, 0.2) is 11.6 Å². The van der Waals surface area contributed by atoms with Gasteiger partial charge in [-0.3, -0.25) is 4.79 Å². The third kappa shape index (κ3) is 1.73. The summed E-state index contributed by atoms with van der Waals surface area (Å²) < 4.78 is 0. The summed E-state index contributed by atoms with van der Waals surface area (Å²) in [5.41, 5.74) is 1.02. The first-order valence-corrected chi connectivity index (χ1v) is 8.98. The molecule has 0 amide bonds. The van der Waals surface area contributed by atoms with Crippen molar-refractivity contribution in [3.63, 3.8) is 0 Å². The van der Waals surface area contributed by atoms with Crippen molar-refractivity contribution < 1.29 is 15.0 Å². The first-order valence-electron chi connectivity index (χ1n) is 8.98. The summed E-state index contributed by atoms with van der Waals surface area (Å²) in [4.78, 5) is 12.4. The number of fused-ring (bicyclic) bond motifs is 5. The van der Waals surface area contributed by atoms with Crippen LogP contribution in [0.2, 0.25) is 0 Å². The van der Waals surface area contributed by atoms with Gasteiger partial charge in [-0.25, -0.2) is 0 Å². The largest absolute Gasteiger partial charge is 0.390 e. The average molecular weight is 304 g/mol. The van der Waals surface area contributed by atoms with Crippen molar-refractivity contribution in [2.24, 2.45) is 28.6 Å². The number of hydrogen-bond donors (Lipinski definition) is 2. The molecule has 0 heterocycles. The summed E-state index contributed by atoms with van der Waals surface area (Å²) in [7, 11) is 0. The van der Waals surface area contributed by atoms with Gasteiger partial charge in [-0.2, -0.15) is 0 Å². The van der Waals surface area contributed by atoms with Crippen LogP contribution in [0.1, 0.15) is 58.8 Å². The third-order valence-corrected chi connectivity index (χ3v) is 7.88. The van der Waals surface area contributed by atoms with Crippen LogP contribution in [0.3, 0.4) is 0 Å². The van der Waals surface area contributed by atoms with Gasteiger partial charge in [-0.15, -0.1) is 0 Å². The molecule has 0 aromatic carbocycles. The minimum absolute atomic E-state index is 0.0224. The number of ketones is 1. The standard InChI is InChI=1S/C19H28O3/c1-18-10-8-15(20)17(22)14(18)4-3-11-12-5-6-16(21)19(12,2)9-7-13(11)18/h4,11-13,15,17,20,22H,3,5-10H2,1-2H3/t11-,12-,13-,15-,17-,18+,19-/m0/s1. The van der Waals surface area contributed by atoms with Crippen LogP contribution in [0.4, 0.5) is 0 Å². The maximum atomic E-state index is 12.4. The van der Waals surface area contributed by atoms with Crippen LogP contribution in [0.5, 0.6) is 0 Å². The first-order chi connectivity index (χ1) is 10.4. The Morgan fingerprint density at radius 2 is 1.73 bits per heavy atom. The Balaban J connectivity index is 1.71. The predicted molar refractivity (Wildman–Crippen MR) is 84.1 cm³/mol. The van der Waals surface area contributed by atoms with E-state index in [2.05, 4.69) is 19.9 Å². The van der Waals surface area contributed by atoms with E-state index in [1.807, 2.05) is 0 Å². The molecule has 0 aromatic heterocycles. The van der Waals surface area contributed by atoms with Gasteiger partial charge in [0.1, 0.15) is 11.9 Å². The lowest BCUT2D eigenvalue weighted by atomic mass is 9.47. The second-order valence-corrected chi connectivity index (χ2v) is 8.66. The Hall–Kier alpha value is -0.670. The van der Waals surface area contributed by atoms with E-state index in [0.717, 1.165) is 44.1 Å². The number of carbonyl (C=O) groups is 1. The van der Waals surface area contributed by atoms with E-state index in [9.17, 15) is 15.0 Å². The molecule has 0 aromatic rings. The Kier molecular flexibility index (Phi) is 3.16. The molecule has 122 valence electrons. The number of hydrogen-bond acceptors (Lipinski definition) is 3. The summed E-state index contributed by atoms with van der Waals surface area (Å²) >= 11 is 0. The van der Waals surface area contributed by atoms with Gasteiger partial charge >= 0.3 is 0 Å². The van der Waals surface area contributed by atoms with E-state index in [4.69, 9.17) is 0 Å². The van der Waals surface area contributed by atoms with E-state index >= 15 is 0 Å². The number of Topliss-reactive ketones (excluding diaryl/α,β-unsaturated/α-hetero) is 1. The summed E-state index contributed by atoms with van der Waals surface area (Å²) in [6.45, 7) is 4.49. The van der Waals surface area contributed by atoms with Gasteiger partial charge in [0, 0.05) is 11.8 Å². The van der Waals surface area contributed by atoms with Gasteiger partial charge in [0.25, 0.3) is 0 Å². The Bertz CT molecular complexity index is 539. The lowest BCUT2D eigenvalue weighted by molar-refractivity contribution is -0.132. The lowest BCUT2D eigenvalue weighted by Crippen LogP contribution is -2.53. The molecule has 3 heteroatoms. The smallest absolute Gasteiger partial charge is 0.139 e. The van der Waals surface area contributed by atoms with Crippen LogP contribution in [0, 0.1) is 28.6 Å². The van der Waals surface area contributed by atoms with E-state index in [0.29, 0.717) is 30.0 Å². The molecular formula is C19H28O3. The topological polar surface area (TPSA) is 57.5 Å². The summed E-state index contributed by atoms with van der Waals surface area (Å²) in [5, 5.41) is 20.5. The Morgan fingerprint density at radius 3 is 2.50 bits per heavy atom. The Morgan fingerprint density at radius 1 is 1.05 bits per heavy atom. The Labute approximate surface area is 132 Å². The molecule has 7 atom stereocenters. The van der Waals surface area contributed by atoms with Crippen molar-refractivity contribution in [3.8, 4) is 0 Å². The minimum Gasteiger partial charge on any atom is -0.390 e. The second kappa shape index (κ2) is 4.67. The SMILES string of the molecule is C[C@]12CC[C@H](O)[C@@H](O)C1=CC[C@@H]1[C@@H]2CC[C@]2(C)C(=O)CC[C@@H]12. The quantitative estimate of drug-likeness (QED) is 0.677. The van der Waals surface area contributed by atoms with Gasteiger partial charge in [0.15, 0.2) is 0 Å². The summed E-state index contributed by atoms with van der Waals surface area (Å²) in [5.74, 6) is 2.16. The highest BCUT2D eigenvalue weighted by molar-refractivity contribution is 5.87. The van der Waals surface area contributed by atoms with Crippen LogP contribution < -0.4 is 0 Å². The lowest BCUT2D eigenvalue weighted by Gasteiger charge is -2.57. The number of aliphatic hydroxyl groups excluding tert-OH is 2. The van der Waals surface area contributed by atoms with Crippen molar-refractivity contribution in [2.45, 2.75) is 71.0 Å². The fourth-order valence-electron chi connectivity index (χ4n) is 6.49. The van der Waals surface area contributed by atoms with Gasteiger partial charge in [0.2, 0.25) is 0 Å². The fraction of sp³-hybridized carbons (Fsp3) is 0.842. The molecule has 22 heavy (non-hydrogen) atoms. The average Bonchev–Trinajstić information content (AvgIpc) is 2.79. The predicted octanol–water partition coefficient (Wildman–Crippen LogP) is 2.85. The van der Waals surface area contributed by atoms with Crippen molar-refractivity contribution >= 4 is 5.78 Å². The molecule has 3 nitrogen and oxygen atoms in total. The first kappa shape index (κ1) is 14.9. The van der Waals surface area contributed by atoms with Crippen LogP contribution in [0.25, 0.3) is 0 Å². The molecule has 4 aliphatic rings. The molecule has 0 saturated heterocycles. The molecule has 0 unspecified atom stereocenters. The molecule has 0 bridgehead atoms. The highest BCUT2D eigenvalue weighted by Gasteiger charge is 2.59. The fourth-order valence-corrected chi connectivity index (χ4v) is 6.49. The maximum Gasteiger partial charge on any atom is 0.139 e. The summed E-state index contributed by atoms with van der Waals surface area (Å²) in [6, 6.07) is 0. The maximum absolute atomic E-state index is 12.4. The van der Waals surface area contributed by atoms with Crippen molar-refractivity contribution in [2.75, 3.05) is 0 Å². The zero-order chi connectivity index (χ0) is 15.7. The molecule has 0 spiro atoms. The second-order valence-electron chi connectivity index (χ2n) is 8.66. The minimum atomic E-state index is -0.682. The summed E-state index contributed by atoms with van der Waals surface area (Å²) in [6.07, 6.45) is 7.50. The van der Waals surface area contributed by atoms with Crippen LogP contribution >= 0.6 is 0 Å². The van der Waals surface area contributed by atoms with E-state index < -0.39 is 12.2 Å². The molecule has 0 radical (unpaired) electrons. The highest BCUT2D eigenvalue weighted by Crippen LogP contribution is 2.63. The van der Waals surface area contributed by atoms with Crippen LogP contribution in [-0.2, 0) is 4.79 Å². The molecular weight excluding hydrogens is 276 g/mol. The normalized spacial score (nSPS) is 54.3. The number of aliphatic hydroxyl groups is 2. The van der Waals surface area contributed by atoms with Crippen molar-refractivity contribution in [3.05, 3.63) is 11.6 Å². The molecule has 3 fully saturated rings. The molecule has 0 aliphatic heterocycles. The highest BCUT2D eigenvalue weighted by atomic mass is 16.3. The molecule has 3 saturated carbocycles. The van der Waals surface area contributed by atoms with E-state index in [-0.39, 0.29) is 10.8 Å². The van der Waals surface area contributed by atoms with Gasteiger partial charge in [0.05, 0.1) is 6.10 Å². The zero-order valence-electron chi connectivity index (χ0n) is 13.7. The third-order valence-electron chi connectivity index (χ3n) is 7.88. The number of allylic oxidation sites excluding steroid dienone is 1. The van der Waals surface area contributed by atoms with Gasteiger partial charge in [-0.1, -0.05) is 19.9 Å². The monoisotopic (exact) mass is 304 g/mol. The molecule has 4 rings (SSSR count). The zero-order valence-corrected chi connectivity index (χ0v) is 13.7. The van der Waals surface area contributed by atoms with Gasteiger partial charge in [-0.05, 0) is 67.3 Å². The number of carbonyl (C=O) groups excluding carboxylic acids is 1. The molecule has 4 aliphatic carbocycles. The number of rotatable bonds is 0. The van der Waals surface area contributed by atoms with Crippen molar-refractivity contribution in [1.82, 2.24) is 0 Å². The van der Waals surface area contributed by atoms with Crippen molar-refractivity contribution in [1.29, 1.82) is 0 Å². The van der Waals surface area contributed by atoms with Crippen LogP contribution in [-0.4, -0.2) is 28.2 Å². The molecule has 2 N–H and O–H groups in total.